The lowest BCUT2D eigenvalue weighted by molar-refractivity contribution is -0.125. The van der Waals surface area contributed by atoms with E-state index in [4.69, 9.17) is 14.2 Å². The van der Waals surface area contributed by atoms with Crippen LogP contribution in [0.2, 0.25) is 0 Å². The molecule has 166 valence electrons. The molecule has 2 fully saturated rings. The molecular weight excluding hydrogens is 392 g/mol. The first-order valence-corrected chi connectivity index (χ1v) is 11.2. The van der Waals surface area contributed by atoms with Gasteiger partial charge in [-0.1, -0.05) is 12.1 Å². The van der Waals surface area contributed by atoms with Gasteiger partial charge in [-0.3, -0.25) is 9.69 Å². The molecular formula is C25H32N2O4. The molecule has 0 spiro atoms. The van der Waals surface area contributed by atoms with Crippen molar-refractivity contribution in [3.05, 3.63) is 54.1 Å². The zero-order valence-corrected chi connectivity index (χ0v) is 18.3. The molecule has 0 saturated carbocycles. The predicted molar refractivity (Wildman–Crippen MR) is 121 cm³/mol. The van der Waals surface area contributed by atoms with Crippen LogP contribution < -0.4 is 14.8 Å². The number of hydrogen-bond donors (Lipinski definition) is 1. The topological polar surface area (TPSA) is 60.0 Å². The summed E-state index contributed by atoms with van der Waals surface area (Å²) in [6.07, 6.45) is 3.89. The highest BCUT2D eigenvalue weighted by atomic mass is 16.5. The van der Waals surface area contributed by atoms with Crippen molar-refractivity contribution in [3.8, 4) is 11.5 Å². The minimum atomic E-state index is -0.602. The lowest BCUT2D eigenvalue weighted by Gasteiger charge is -2.36. The molecule has 0 radical (unpaired) electrons. The molecule has 0 bridgehead atoms. The fourth-order valence-electron chi connectivity index (χ4n) is 4.46. The number of ether oxygens (including phenoxy) is 3. The van der Waals surface area contributed by atoms with Gasteiger partial charge in [0.05, 0.1) is 12.5 Å². The smallest absolute Gasteiger partial charge is 0.235 e. The molecule has 2 aliphatic rings. The van der Waals surface area contributed by atoms with Crippen molar-refractivity contribution in [2.75, 3.05) is 51.9 Å². The molecule has 4 rings (SSSR count). The van der Waals surface area contributed by atoms with Crippen molar-refractivity contribution in [1.82, 2.24) is 4.90 Å². The van der Waals surface area contributed by atoms with E-state index in [0.717, 1.165) is 29.3 Å². The van der Waals surface area contributed by atoms with E-state index < -0.39 is 5.41 Å². The van der Waals surface area contributed by atoms with Crippen molar-refractivity contribution in [2.45, 2.75) is 31.1 Å². The van der Waals surface area contributed by atoms with E-state index in [1.165, 1.54) is 25.9 Å². The first kappa shape index (κ1) is 21.7. The average Bonchev–Trinajstić information content (AvgIpc) is 3.34. The molecule has 0 aromatic heterocycles. The Labute approximate surface area is 184 Å². The number of nitrogens with zero attached hydrogens (tertiary/aromatic N) is 1. The third-order valence-corrected chi connectivity index (χ3v) is 6.41. The van der Waals surface area contributed by atoms with Gasteiger partial charge in [0.1, 0.15) is 18.1 Å². The SMILES string of the molecule is COc1ccc(C2(C(=O)Nc3ccc(OCCN4CCCC4)cc3)CCOCC2)cc1. The molecule has 2 aliphatic heterocycles. The van der Waals surface area contributed by atoms with Gasteiger partial charge in [0, 0.05) is 25.4 Å². The molecule has 1 N–H and O–H groups in total. The van der Waals surface area contributed by atoms with Crippen LogP contribution in [0.15, 0.2) is 48.5 Å². The van der Waals surface area contributed by atoms with Crippen LogP contribution in [0.3, 0.4) is 0 Å². The van der Waals surface area contributed by atoms with E-state index in [0.29, 0.717) is 32.7 Å². The molecule has 0 unspecified atom stereocenters. The van der Waals surface area contributed by atoms with Gasteiger partial charge in [0.2, 0.25) is 5.91 Å². The lowest BCUT2D eigenvalue weighted by atomic mass is 9.73. The summed E-state index contributed by atoms with van der Waals surface area (Å²) in [6, 6.07) is 15.5. The Hall–Kier alpha value is -2.57. The van der Waals surface area contributed by atoms with Crippen LogP contribution >= 0.6 is 0 Å². The fraction of sp³-hybridized carbons (Fsp3) is 0.480. The van der Waals surface area contributed by atoms with Gasteiger partial charge in [-0.2, -0.15) is 0 Å². The molecule has 2 saturated heterocycles. The highest BCUT2D eigenvalue weighted by Crippen LogP contribution is 2.37. The maximum Gasteiger partial charge on any atom is 0.235 e. The molecule has 0 atom stereocenters. The summed E-state index contributed by atoms with van der Waals surface area (Å²) in [5.74, 6) is 1.61. The molecule has 6 heteroatoms. The molecule has 6 nitrogen and oxygen atoms in total. The first-order valence-electron chi connectivity index (χ1n) is 11.2. The fourth-order valence-corrected chi connectivity index (χ4v) is 4.46. The van der Waals surface area contributed by atoms with Gasteiger partial charge in [-0.05, 0) is 80.7 Å². The van der Waals surface area contributed by atoms with Crippen molar-refractivity contribution in [1.29, 1.82) is 0 Å². The number of likely N-dealkylation sites (tertiary alicyclic amines) is 1. The minimum absolute atomic E-state index is 0.00340. The quantitative estimate of drug-likeness (QED) is 0.697. The van der Waals surface area contributed by atoms with Crippen LogP contribution in [0, 0.1) is 0 Å². The van der Waals surface area contributed by atoms with E-state index in [9.17, 15) is 4.79 Å². The molecule has 31 heavy (non-hydrogen) atoms. The zero-order valence-electron chi connectivity index (χ0n) is 18.3. The minimum Gasteiger partial charge on any atom is -0.497 e. The normalized spacial score (nSPS) is 18.5. The highest BCUT2D eigenvalue weighted by Gasteiger charge is 2.41. The number of rotatable bonds is 8. The Balaban J connectivity index is 1.39. The van der Waals surface area contributed by atoms with E-state index in [1.807, 2.05) is 48.5 Å². The van der Waals surface area contributed by atoms with Crippen molar-refractivity contribution < 1.29 is 19.0 Å². The number of carbonyl (C=O) groups is 1. The summed E-state index contributed by atoms with van der Waals surface area (Å²) in [5.41, 5.74) is 1.17. The number of hydrogen-bond acceptors (Lipinski definition) is 5. The van der Waals surface area contributed by atoms with Gasteiger partial charge in [-0.15, -0.1) is 0 Å². The van der Waals surface area contributed by atoms with Crippen LogP contribution in [0.25, 0.3) is 0 Å². The number of benzene rings is 2. The number of nitrogens with one attached hydrogen (secondary N) is 1. The van der Waals surface area contributed by atoms with Crippen LogP contribution in [-0.4, -0.2) is 57.4 Å². The number of carbonyl (C=O) groups excluding carboxylic acids is 1. The Morgan fingerprint density at radius 3 is 2.29 bits per heavy atom. The maximum atomic E-state index is 13.4. The standard InChI is InChI=1S/C25H32N2O4/c1-29-22-8-4-20(5-9-22)25(12-17-30-18-13-25)24(28)26-21-6-10-23(11-7-21)31-19-16-27-14-2-3-15-27/h4-11H,2-3,12-19H2,1H3,(H,26,28). The summed E-state index contributed by atoms with van der Waals surface area (Å²) >= 11 is 0. The van der Waals surface area contributed by atoms with E-state index in [-0.39, 0.29) is 5.91 Å². The predicted octanol–water partition coefficient (Wildman–Crippen LogP) is 3.86. The van der Waals surface area contributed by atoms with Crippen molar-refractivity contribution >= 4 is 11.6 Å². The van der Waals surface area contributed by atoms with Gasteiger partial charge < -0.3 is 19.5 Å². The van der Waals surface area contributed by atoms with Gasteiger partial charge in [0.25, 0.3) is 0 Å². The Bertz CT molecular complexity index is 839. The van der Waals surface area contributed by atoms with Crippen molar-refractivity contribution in [2.24, 2.45) is 0 Å². The molecule has 1 amide bonds. The number of anilines is 1. The average molecular weight is 425 g/mol. The second kappa shape index (κ2) is 10.2. The number of amides is 1. The largest absolute Gasteiger partial charge is 0.497 e. The van der Waals surface area contributed by atoms with Crippen LogP contribution in [-0.2, 0) is 14.9 Å². The third-order valence-electron chi connectivity index (χ3n) is 6.41. The third kappa shape index (κ3) is 5.20. The van der Waals surface area contributed by atoms with Gasteiger partial charge in [-0.25, -0.2) is 0 Å². The van der Waals surface area contributed by atoms with Crippen molar-refractivity contribution in [3.63, 3.8) is 0 Å². The monoisotopic (exact) mass is 424 g/mol. The highest BCUT2D eigenvalue weighted by molar-refractivity contribution is 5.99. The number of methoxy groups -OCH3 is 1. The first-order chi connectivity index (χ1) is 15.2. The van der Waals surface area contributed by atoms with Gasteiger partial charge in [0.15, 0.2) is 0 Å². The summed E-state index contributed by atoms with van der Waals surface area (Å²) in [4.78, 5) is 15.8. The molecule has 2 aromatic carbocycles. The Morgan fingerprint density at radius 2 is 1.65 bits per heavy atom. The Morgan fingerprint density at radius 1 is 1.00 bits per heavy atom. The molecule has 2 heterocycles. The van der Waals surface area contributed by atoms with Gasteiger partial charge >= 0.3 is 0 Å². The second-order valence-electron chi connectivity index (χ2n) is 8.30. The van der Waals surface area contributed by atoms with Crippen LogP contribution in [0.4, 0.5) is 5.69 Å². The zero-order chi connectivity index (χ0) is 21.5. The molecule has 2 aromatic rings. The van der Waals surface area contributed by atoms with E-state index >= 15 is 0 Å². The summed E-state index contributed by atoms with van der Waals surface area (Å²) in [7, 11) is 1.64. The Kier molecular flexibility index (Phi) is 7.10. The van der Waals surface area contributed by atoms with E-state index in [1.54, 1.807) is 7.11 Å². The second-order valence-corrected chi connectivity index (χ2v) is 8.30. The van der Waals surface area contributed by atoms with Crippen LogP contribution in [0.5, 0.6) is 11.5 Å². The van der Waals surface area contributed by atoms with E-state index in [2.05, 4.69) is 10.2 Å². The summed E-state index contributed by atoms with van der Waals surface area (Å²) in [6.45, 7) is 5.15. The lowest BCUT2D eigenvalue weighted by Crippen LogP contribution is -2.44. The summed E-state index contributed by atoms with van der Waals surface area (Å²) < 4.78 is 16.7. The maximum absolute atomic E-state index is 13.4. The van der Waals surface area contributed by atoms with Crippen LogP contribution in [0.1, 0.15) is 31.2 Å². The summed E-state index contributed by atoms with van der Waals surface area (Å²) in [5, 5.41) is 3.12. The molecule has 0 aliphatic carbocycles.